The SMILES string of the molecule is CCN(CC(N)=S)C(=O)COC(C)C. The molecule has 2 N–H and O–H groups in total. The van der Waals surface area contributed by atoms with E-state index in [1.807, 2.05) is 20.8 Å². The molecule has 0 bridgehead atoms. The molecule has 0 atom stereocenters. The number of carbonyl (C=O) groups is 1. The van der Waals surface area contributed by atoms with Crippen LogP contribution in [0.1, 0.15) is 20.8 Å². The van der Waals surface area contributed by atoms with Gasteiger partial charge in [-0.15, -0.1) is 0 Å². The van der Waals surface area contributed by atoms with Crippen LogP contribution in [0.15, 0.2) is 0 Å². The summed E-state index contributed by atoms with van der Waals surface area (Å²) in [4.78, 5) is 13.4. The van der Waals surface area contributed by atoms with E-state index in [0.29, 0.717) is 18.1 Å². The Balaban J connectivity index is 3.98. The highest BCUT2D eigenvalue weighted by molar-refractivity contribution is 7.80. The molecule has 0 unspecified atom stereocenters. The predicted molar refractivity (Wildman–Crippen MR) is 60.1 cm³/mol. The number of nitrogens with zero attached hydrogens (tertiary/aromatic N) is 1. The molecule has 0 rings (SSSR count). The molecule has 0 aliphatic heterocycles. The standard InChI is InChI=1S/C9H18N2O2S/c1-4-11(5-8(10)14)9(12)6-13-7(2)3/h7H,4-6H2,1-3H3,(H2,10,14). The Labute approximate surface area is 90.4 Å². The van der Waals surface area contributed by atoms with Crippen LogP contribution in [-0.2, 0) is 9.53 Å². The van der Waals surface area contributed by atoms with Gasteiger partial charge in [0.25, 0.3) is 0 Å². The smallest absolute Gasteiger partial charge is 0.248 e. The molecular weight excluding hydrogens is 200 g/mol. The second-order valence-electron chi connectivity index (χ2n) is 3.23. The van der Waals surface area contributed by atoms with Gasteiger partial charge in [0.05, 0.1) is 17.6 Å². The first-order valence-corrected chi connectivity index (χ1v) is 5.05. The largest absolute Gasteiger partial charge is 0.392 e. The zero-order chi connectivity index (χ0) is 11.1. The predicted octanol–water partition coefficient (Wildman–Crippen LogP) is 0.546. The Morgan fingerprint density at radius 3 is 2.50 bits per heavy atom. The summed E-state index contributed by atoms with van der Waals surface area (Å²) < 4.78 is 5.19. The first-order chi connectivity index (χ1) is 6.47. The van der Waals surface area contributed by atoms with Crippen LogP contribution in [0, 0.1) is 0 Å². The lowest BCUT2D eigenvalue weighted by molar-refractivity contribution is -0.136. The highest BCUT2D eigenvalue weighted by atomic mass is 32.1. The van der Waals surface area contributed by atoms with Crippen LogP contribution < -0.4 is 5.73 Å². The van der Waals surface area contributed by atoms with Crippen molar-refractivity contribution in [3.63, 3.8) is 0 Å². The lowest BCUT2D eigenvalue weighted by Gasteiger charge is -2.20. The van der Waals surface area contributed by atoms with Crippen LogP contribution in [0.3, 0.4) is 0 Å². The van der Waals surface area contributed by atoms with Gasteiger partial charge in [0.1, 0.15) is 6.61 Å². The van der Waals surface area contributed by atoms with Gasteiger partial charge >= 0.3 is 0 Å². The van der Waals surface area contributed by atoms with Crippen molar-refractivity contribution in [2.24, 2.45) is 5.73 Å². The normalized spacial score (nSPS) is 10.3. The average molecular weight is 218 g/mol. The fraction of sp³-hybridized carbons (Fsp3) is 0.778. The van der Waals surface area contributed by atoms with E-state index in [9.17, 15) is 4.79 Å². The van der Waals surface area contributed by atoms with Crippen molar-refractivity contribution < 1.29 is 9.53 Å². The van der Waals surface area contributed by atoms with Crippen molar-refractivity contribution in [1.29, 1.82) is 0 Å². The molecule has 14 heavy (non-hydrogen) atoms. The molecule has 1 amide bonds. The molecule has 0 aromatic heterocycles. The van der Waals surface area contributed by atoms with E-state index in [4.69, 9.17) is 22.7 Å². The minimum atomic E-state index is -0.0750. The number of ether oxygens (including phenoxy) is 1. The molecular formula is C9H18N2O2S. The number of carbonyl (C=O) groups excluding carboxylic acids is 1. The van der Waals surface area contributed by atoms with Gasteiger partial charge in [-0.2, -0.15) is 0 Å². The van der Waals surface area contributed by atoms with Gasteiger partial charge < -0.3 is 15.4 Å². The highest BCUT2D eigenvalue weighted by Crippen LogP contribution is 1.94. The Kier molecular flexibility index (Phi) is 6.40. The monoisotopic (exact) mass is 218 g/mol. The summed E-state index contributed by atoms with van der Waals surface area (Å²) in [5, 5.41) is 0. The summed E-state index contributed by atoms with van der Waals surface area (Å²) in [6, 6.07) is 0. The molecule has 0 aliphatic rings. The molecule has 0 aromatic rings. The molecule has 0 radical (unpaired) electrons. The van der Waals surface area contributed by atoms with E-state index in [2.05, 4.69) is 0 Å². The highest BCUT2D eigenvalue weighted by Gasteiger charge is 2.12. The minimum Gasteiger partial charge on any atom is -0.392 e. The molecule has 0 spiro atoms. The molecule has 0 saturated carbocycles. The second kappa shape index (κ2) is 6.73. The maximum atomic E-state index is 11.5. The first kappa shape index (κ1) is 13.3. The Morgan fingerprint density at radius 2 is 2.14 bits per heavy atom. The molecule has 5 heteroatoms. The number of likely N-dealkylation sites (N-methyl/N-ethyl adjacent to an activating group) is 1. The number of hydrogen-bond acceptors (Lipinski definition) is 3. The molecule has 4 nitrogen and oxygen atoms in total. The molecule has 0 aliphatic carbocycles. The van der Waals surface area contributed by atoms with Crippen LogP contribution >= 0.6 is 12.2 Å². The topological polar surface area (TPSA) is 55.6 Å². The zero-order valence-corrected chi connectivity index (χ0v) is 9.76. The van der Waals surface area contributed by atoms with Gasteiger partial charge in [0, 0.05) is 6.54 Å². The van der Waals surface area contributed by atoms with Gasteiger partial charge in [0.2, 0.25) is 5.91 Å². The number of rotatable bonds is 6. The van der Waals surface area contributed by atoms with Crippen molar-refractivity contribution in [1.82, 2.24) is 4.90 Å². The zero-order valence-electron chi connectivity index (χ0n) is 8.95. The number of nitrogens with two attached hydrogens (primary N) is 1. The van der Waals surface area contributed by atoms with E-state index in [1.54, 1.807) is 4.90 Å². The van der Waals surface area contributed by atoms with Crippen LogP contribution in [0.25, 0.3) is 0 Å². The Bertz CT molecular complexity index is 207. The average Bonchev–Trinajstić information content (AvgIpc) is 2.09. The lowest BCUT2D eigenvalue weighted by Crippen LogP contribution is -2.39. The molecule has 0 saturated heterocycles. The summed E-state index contributed by atoms with van der Waals surface area (Å²) in [6.07, 6.45) is 0.0579. The third kappa shape index (κ3) is 5.88. The van der Waals surface area contributed by atoms with Gasteiger partial charge in [-0.05, 0) is 20.8 Å². The Morgan fingerprint density at radius 1 is 1.57 bits per heavy atom. The lowest BCUT2D eigenvalue weighted by atomic mass is 10.4. The molecule has 0 fully saturated rings. The third-order valence-corrected chi connectivity index (χ3v) is 1.75. The fourth-order valence-electron chi connectivity index (χ4n) is 0.894. The maximum absolute atomic E-state index is 11.5. The van der Waals surface area contributed by atoms with Gasteiger partial charge in [-0.3, -0.25) is 4.79 Å². The molecule has 0 heterocycles. The number of thiocarbonyl (C=S) groups is 1. The van der Waals surface area contributed by atoms with Crippen LogP contribution in [0.2, 0.25) is 0 Å². The number of amides is 1. The summed E-state index contributed by atoms with van der Waals surface area (Å²) in [7, 11) is 0. The number of hydrogen-bond donors (Lipinski definition) is 1. The quantitative estimate of drug-likeness (QED) is 0.661. The van der Waals surface area contributed by atoms with Crippen molar-refractivity contribution in [3.8, 4) is 0 Å². The minimum absolute atomic E-state index is 0.0579. The van der Waals surface area contributed by atoms with E-state index >= 15 is 0 Å². The van der Waals surface area contributed by atoms with Crippen molar-refractivity contribution >= 4 is 23.1 Å². The molecule has 82 valence electrons. The van der Waals surface area contributed by atoms with Crippen LogP contribution in [0.5, 0.6) is 0 Å². The van der Waals surface area contributed by atoms with Gasteiger partial charge in [-0.1, -0.05) is 12.2 Å². The van der Waals surface area contributed by atoms with E-state index in [-0.39, 0.29) is 18.6 Å². The summed E-state index contributed by atoms with van der Waals surface area (Å²) in [5.41, 5.74) is 5.36. The van der Waals surface area contributed by atoms with Crippen molar-refractivity contribution in [2.75, 3.05) is 19.7 Å². The summed E-state index contributed by atoms with van der Waals surface area (Å²) in [5.74, 6) is -0.0750. The summed E-state index contributed by atoms with van der Waals surface area (Å²) >= 11 is 4.74. The first-order valence-electron chi connectivity index (χ1n) is 4.65. The third-order valence-electron chi connectivity index (χ3n) is 1.62. The Hall–Kier alpha value is -0.680. The van der Waals surface area contributed by atoms with Gasteiger partial charge in [0.15, 0.2) is 0 Å². The van der Waals surface area contributed by atoms with Crippen molar-refractivity contribution in [2.45, 2.75) is 26.9 Å². The molecule has 0 aromatic carbocycles. The van der Waals surface area contributed by atoms with Crippen LogP contribution in [-0.4, -0.2) is 41.6 Å². The van der Waals surface area contributed by atoms with Gasteiger partial charge in [-0.25, -0.2) is 0 Å². The van der Waals surface area contributed by atoms with E-state index in [0.717, 1.165) is 0 Å². The van der Waals surface area contributed by atoms with E-state index < -0.39 is 0 Å². The second-order valence-corrected chi connectivity index (χ2v) is 3.76. The summed E-state index contributed by atoms with van der Waals surface area (Å²) in [6.45, 7) is 6.66. The van der Waals surface area contributed by atoms with Crippen LogP contribution in [0.4, 0.5) is 0 Å². The maximum Gasteiger partial charge on any atom is 0.248 e. The van der Waals surface area contributed by atoms with Crippen molar-refractivity contribution in [3.05, 3.63) is 0 Å². The fourth-order valence-corrected chi connectivity index (χ4v) is 1.05. The van der Waals surface area contributed by atoms with E-state index in [1.165, 1.54) is 0 Å².